The number of methoxy groups -OCH3 is 1. The minimum absolute atomic E-state index is 0.158. The molecule has 0 radical (unpaired) electrons. The van der Waals surface area contributed by atoms with Crippen LogP contribution < -0.4 is 25.0 Å². The van der Waals surface area contributed by atoms with E-state index in [4.69, 9.17) is 25.8 Å². The molecule has 38 heavy (non-hydrogen) atoms. The summed E-state index contributed by atoms with van der Waals surface area (Å²) in [4.78, 5) is 25.4. The Balaban J connectivity index is 1.62. The fraction of sp³-hybridized carbons (Fsp3) is 0.276. The van der Waals surface area contributed by atoms with E-state index in [0.717, 1.165) is 5.56 Å². The number of hydrogen-bond donors (Lipinski definition) is 2. The van der Waals surface area contributed by atoms with Crippen LogP contribution in [0.25, 0.3) is 0 Å². The first-order valence-corrected chi connectivity index (χ1v) is 12.6. The summed E-state index contributed by atoms with van der Waals surface area (Å²) in [7, 11) is 1.55. The molecule has 0 saturated heterocycles. The third-order valence-electron chi connectivity index (χ3n) is 5.55. The second-order valence-electron chi connectivity index (χ2n) is 8.71. The Morgan fingerprint density at radius 2 is 1.68 bits per heavy atom. The van der Waals surface area contributed by atoms with E-state index in [1.165, 1.54) is 6.21 Å². The van der Waals surface area contributed by atoms with Gasteiger partial charge in [0.15, 0.2) is 11.5 Å². The molecule has 0 spiro atoms. The van der Waals surface area contributed by atoms with Gasteiger partial charge in [0.25, 0.3) is 11.8 Å². The Hall–Kier alpha value is -4.04. The number of halogens is 1. The molecule has 0 bridgehead atoms. The van der Waals surface area contributed by atoms with Crippen molar-refractivity contribution in [2.24, 2.45) is 11.0 Å². The van der Waals surface area contributed by atoms with E-state index in [1.54, 1.807) is 49.6 Å². The molecule has 0 aliphatic carbocycles. The SMILES string of the molecule is CCOc1cc(/C=N/NC(=O)C(NC(=O)c2ccc(OC)cc2)C(C)C)ccc1OCc1ccc(Cl)cc1. The van der Waals surface area contributed by atoms with Crippen LogP contribution in [-0.4, -0.2) is 37.8 Å². The van der Waals surface area contributed by atoms with Crippen molar-refractivity contribution in [2.45, 2.75) is 33.4 Å². The van der Waals surface area contributed by atoms with Gasteiger partial charge in [0.2, 0.25) is 0 Å². The molecule has 0 aromatic heterocycles. The summed E-state index contributed by atoms with van der Waals surface area (Å²) in [6.45, 7) is 6.40. The molecule has 0 saturated carbocycles. The molecule has 1 unspecified atom stereocenters. The first-order valence-electron chi connectivity index (χ1n) is 12.2. The Kier molecular flexibility index (Phi) is 10.5. The summed E-state index contributed by atoms with van der Waals surface area (Å²) in [6.07, 6.45) is 1.51. The second kappa shape index (κ2) is 14.0. The standard InChI is InChI=1S/C29H32ClN3O5/c1-5-37-26-16-21(8-15-25(26)38-18-20-6-11-23(30)12-7-20)17-31-33-29(35)27(19(2)3)32-28(34)22-9-13-24(36-4)14-10-22/h6-17,19,27H,5,18H2,1-4H3,(H,32,34)(H,33,35)/b31-17+. The van der Waals surface area contributed by atoms with Gasteiger partial charge in [0, 0.05) is 10.6 Å². The maximum atomic E-state index is 12.8. The fourth-order valence-corrected chi connectivity index (χ4v) is 3.60. The van der Waals surface area contributed by atoms with E-state index in [0.29, 0.717) is 46.6 Å². The molecular formula is C29H32ClN3O5. The number of benzene rings is 3. The molecule has 0 fully saturated rings. The molecule has 8 nitrogen and oxygen atoms in total. The van der Waals surface area contributed by atoms with Crippen LogP contribution in [0.3, 0.4) is 0 Å². The summed E-state index contributed by atoms with van der Waals surface area (Å²) in [5.41, 5.74) is 4.62. The number of carbonyl (C=O) groups excluding carboxylic acids is 2. The molecule has 9 heteroatoms. The molecule has 2 amide bonds. The highest BCUT2D eigenvalue weighted by Gasteiger charge is 2.24. The van der Waals surface area contributed by atoms with E-state index in [1.807, 2.05) is 45.0 Å². The molecule has 3 aromatic carbocycles. The van der Waals surface area contributed by atoms with Crippen molar-refractivity contribution < 1.29 is 23.8 Å². The summed E-state index contributed by atoms with van der Waals surface area (Å²) in [5.74, 6) is 0.844. The fourth-order valence-electron chi connectivity index (χ4n) is 3.48. The number of rotatable bonds is 12. The average molecular weight is 538 g/mol. The van der Waals surface area contributed by atoms with Crippen molar-refractivity contribution >= 4 is 29.6 Å². The van der Waals surface area contributed by atoms with Crippen molar-refractivity contribution in [3.63, 3.8) is 0 Å². The monoisotopic (exact) mass is 537 g/mol. The minimum atomic E-state index is -0.774. The topological polar surface area (TPSA) is 98.2 Å². The molecular weight excluding hydrogens is 506 g/mol. The predicted octanol–water partition coefficient (Wildman–Crippen LogP) is 5.23. The number of hydrogen-bond acceptors (Lipinski definition) is 6. The van der Waals surface area contributed by atoms with E-state index in [2.05, 4.69) is 15.8 Å². The molecule has 0 aliphatic heterocycles. The van der Waals surface area contributed by atoms with Crippen LogP contribution in [-0.2, 0) is 11.4 Å². The maximum absolute atomic E-state index is 12.8. The lowest BCUT2D eigenvalue weighted by Gasteiger charge is -2.20. The van der Waals surface area contributed by atoms with E-state index in [-0.39, 0.29) is 11.8 Å². The summed E-state index contributed by atoms with van der Waals surface area (Å²) < 4.78 is 16.8. The molecule has 3 aromatic rings. The van der Waals surface area contributed by atoms with Gasteiger partial charge in [-0.25, -0.2) is 5.43 Å². The molecule has 3 rings (SSSR count). The van der Waals surface area contributed by atoms with Crippen LogP contribution in [0.2, 0.25) is 5.02 Å². The Morgan fingerprint density at radius 3 is 2.32 bits per heavy atom. The highest BCUT2D eigenvalue weighted by atomic mass is 35.5. The quantitative estimate of drug-likeness (QED) is 0.243. The summed E-state index contributed by atoms with van der Waals surface area (Å²) in [6, 6.07) is 18.7. The highest BCUT2D eigenvalue weighted by molar-refractivity contribution is 6.30. The van der Waals surface area contributed by atoms with Gasteiger partial charge in [0.05, 0.1) is 19.9 Å². The van der Waals surface area contributed by atoms with Crippen molar-refractivity contribution in [1.82, 2.24) is 10.7 Å². The Morgan fingerprint density at radius 1 is 0.974 bits per heavy atom. The lowest BCUT2D eigenvalue weighted by molar-refractivity contribution is -0.123. The molecule has 2 N–H and O–H groups in total. The van der Waals surface area contributed by atoms with Crippen LogP contribution in [0.1, 0.15) is 42.3 Å². The van der Waals surface area contributed by atoms with Gasteiger partial charge >= 0.3 is 0 Å². The van der Waals surface area contributed by atoms with Crippen LogP contribution >= 0.6 is 11.6 Å². The molecule has 200 valence electrons. The van der Waals surface area contributed by atoms with Gasteiger partial charge in [-0.1, -0.05) is 37.6 Å². The van der Waals surface area contributed by atoms with Gasteiger partial charge in [0.1, 0.15) is 18.4 Å². The van der Waals surface area contributed by atoms with Gasteiger partial charge < -0.3 is 19.5 Å². The molecule has 0 heterocycles. The van der Waals surface area contributed by atoms with Crippen LogP contribution in [0.5, 0.6) is 17.2 Å². The van der Waals surface area contributed by atoms with E-state index >= 15 is 0 Å². The van der Waals surface area contributed by atoms with Crippen LogP contribution in [0, 0.1) is 5.92 Å². The lowest BCUT2D eigenvalue weighted by Crippen LogP contribution is -2.48. The van der Waals surface area contributed by atoms with Crippen molar-refractivity contribution in [3.05, 3.63) is 88.4 Å². The normalized spacial score (nSPS) is 11.7. The van der Waals surface area contributed by atoms with E-state index in [9.17, 15) is 9.59 Å². The van der Waals surface area contributed by atoms with Gasteiger partial charge in [-0.2, -0.15) is 5.10 Å². The first-order chi connectivity index (χ1) is 18.3. The smallest absolute Gasteiger partial charge is 0.262 e. The zero-order chi connectivity index (χ0) is 27.5. The van der Waals surface area contributed by atoms with Crippen LogP contribution in [0.15, 0.2) is 71.8 Å². The number of hydrazone groups is 1. The third kappa shape index (κ3) is 8.24. The Labute approximate surface area is 227 Å². The zero-order valence-corrected chi connectivity index (χ0v) is 22.6. The third-order valence-corrected chi connectivity index (χ3v) is 5.80. The number of nitrogens with one attached hydrogen (secondary N) is 2. The first kappa shape index (κ1) is 28.5. The summed E-state index contributed by atoms with van der Waals surface area (Å²) in [5, 5.41) is 7.52. The largest absolute Gasteiger partial charge is 0.497 e. The Bertz CT molecular complexity index is 1240. The van der Waals surface area contributed by atoms with Crippen molar-refractivity contribution in [1.29, 1.82) is 0 Å². The van der Waals surface area contributed by atoms with Gasteiger partial charge in [-0.3, -0.25) is 9.59 Å². The average Bonchev–Trinajstić information content (AvgIpc) is 2.92. The predicted molar refractivity (Wildman–Crippen MR) is 148 cm³/mol. The molecule has 1 atom stereocenters. The zero-order valence-electron chi connectivity index (χ0n) is 21.9. The van der Waals surface area contributed by atoms with Gasteiger partial charge in [-0.15, -0.1) is 0 Å². The second-order valence-corrected chi connectivity index (χ2v) is 9.15. The maximum Gasteiger partial charge on any atom is 0.262 e. The van der Waals surface area contributed by atoms with Crippen molar-refractivity contribution in [3.8, 4) is 17.2 Å². The van der Waals surface area contributed by atoms with Gasteiger partial charge in [-0.05, 0) is 78.6 Å². The number of carbonyl (C=O) groups is 2. The van der Waals surface area contributed by atoms with Crippen molar-refractivity contribution in [2.75, 3.05) is 13.7 Å². The number of ether oxygens (including phenoxy) is 3. The minimum Gasteiger partial charge on any atom is -0.497 e. The summed E-state index contributed by atoms with van der Waals surface area (Å²) >= 11 is 5.94. The molecule has 0 aliphatic rings. The lowest BCUT2D eigenvalue weighted by atomic mass is 10.0. The highest BCUT2D eigenvalue weighted by Crippen LogP contribution is 2.29. The van der Waals surface area contributed by atoms with Crippen LogP contribution in [0.4, 0.5) is 0 Å². The number of nitrogens with zero attached hydrogens (tertiary/aromatic N) is 1. The number of amides is 2. The van der Waals surface area contributed by atoms with E-state index < -0.39 is 11.9 Å².